The number of fused-ring (bicyclic) bond motifs is 5. The molecule has 0 saturated heterocycles. The average molecular weight is 479 g/mol. The minimum atomic E-state index is -0.492. The van der Waals surface area contributed by atoms with Gasteiger partial charge in [-0.25, -0.2) is 4.98 Å². The first kappa shape index (κ1) is 20.6. The molecule has 3 aromatic heterocycles. The monoisotopic (exact) mass is 479 g/mol. The zero-order chi connectivity index (χ0) is 24.2. The number of aromatic hydroxyl groups is 1. The maximum absolute atomic E-state index is 12.0. The second kappa shape index (κ2) is 7.91. The van der Waals surface area contributed by atoms with Crippen LogP contribution in [0.1, 0.15) is 11.1 Å². The quantitative estimate of drug-likeness (QED) is 0.318. The van der Waals surface area contributed by atoms with Crippen LogP contribution in [0.4, 0.5) is 0 Å². The number of rotatable bonds is 5. The van der Waals surface area contributed by atoms with E-state index >= 15 is 0 Å². The molecule has 0 unspecified atom stereocenters. The molecule has 36 heavy (non-hydrogen) atoms. The SMILES string of the molecule is O=c1ccc2c(oc3c(-c4cccc(OCCc5ccc6c(c5)CCO6)c4)c4c[nH][nH]c4nc32)c1O. The number of phenols is 1. The molecule has 1 aliphatic heterocycles. The zero-order valence-corrected chi connectivity index (χ0v) is 19.1. The van der Waals surface area contributed by atoms with Crippen LogP contribution in [0.25, 0.3) is 44.2 Å². The minimum Gasteiger partial charge on any atom is -0.502 e. The molecular formula is C28H21N3O5. The molecular weight excluding hydrogens is 458 g/mol. The highest BCUT2D eigenvalue weighted by molar-refractivity contribution is 6.15. The Balaban J connectivity index is 1.26. The Bertz CT molecular complexity index is 1850. The molecule has 8 heteroatoms. The zero-order valence-electron chi connectivity index (χ0n) is 19.1. The lowest BCUT2D eigenvalue weighted by molar-refractivity contribution is 0.322. The van der Waals surface area contributed by atoms with Gasteiger partial charge in [0, 0.05) is 30.0 Å². The van der Waals surface area contributed by atoms with E-state index in [1.807, 2.05) is 36.5 Å². The third-order valence-corrected chi connectivity index (χ3v) is 6.69. The number of furan rings is 1. The molecule has 8 nitrogen and oxygen atoms in total. The van der Waals surface area contributed by atoms with E-state index in [0.717, 1.165) is 47.5 Å². The van der Waals surface area contributed by atoms with Crippen molar-refractivity contribution in [1.29, 1.82) is 0 Å². The van der Waals surface area contributed by atoms with Gasteiger partial charge < -0.3 is 24.1 Å². The topological polar surface area (TPSA) is 113 Å². The molecule has 4 heterocycles. The third-order valence-electron chi connectivity index (χ3n) is 6.69. The smallest absolute Gasteiger partial charge is 0.224 e. The molecule has 1 aliphatic rings. The lowest BCUT2D eigenvalue weighted by Crippen LogP contribution is -2.01. The van der Waals surface area contributed by atoms with E-state index in [0.29, 0.717) is 28.7 Å². The highest BCUT2D eigenvalue weighted by atomic mass is 16.5. The van der Waals surface area contributed by atoms with Gasteiger partial charge in [0.1, 0.15) is 17.0 Å². The Kier molecular flexibility index (Phi) is 4.54. The lowest BCUT2D eigenvalue weighted by atomic mass is 10.0. The average Bonchev–Trinajstić information content (AvgIpc) is 3.63. The van der Waals surface area contributed by atoms with Gasteiger partial charge in [-0.2, -0.15) is 0 Å². The van der Waals surface area contributed by atoms with Crippen LogP contribution in [0, 0.1) is 0 Å². The van der Waals surface area contributed by atoms with Gasteiger partial charge in [-0.05, 0) is 47.0 Å². The van der Waals surface area contributed by atoms with Crippen molar-refractivity contribution in [3.63, 3.8) is 0 Å². The van der Waals surface area contributed by atoms with Crippen molar-refractivity contribution in [2.24, 2.45) is 0 Å². The summed E-state index contributed by atoms with van der Waals surface area (Å²) in [7, 11) is 0. The van der Waals surface area contributed by atoms with Crippen molar-refractivity contribution in [1.82, 2.24) is 15.2 Å². The second-order valence-corrected chi connectivity index (χ2v) is 8.90. The number of H-pyrrole nitrogens is 2. The third kappa shape index (κ3) is 3.22. The van der Waals surface area contributed by atoms with E-state index in [1.54, 1.807) is 6.07 Å². The predicted molar refractivity (Wildman–Crippen MR) is 136 cm³/mol. The first-order valence-electron chi connectivity index (χ1n) is 11.8. The normalized spacial score (nSPS) is 12.9. The number of pyridine rings is 1. The van der Waals surface area contributed by atoms with Gasteiger partial charge in [-0.3, -0.25) is 9.89 Å². The summed E-state index contributed by atoms with van der Waals surface area (Å²) >= 11 is 0. The summed E-state index contributed by atoms with van der Waals surface area (Å²) in [6, 6.07) is 17.1. The molecule has 0 bridgehead atoms. The maximum Gasteiger partial charge on any atom is 0.224 e. The summed E-state index contributed by atoms with van der Waals surface area (Å²) in [5.74, 6) is 1.30. The van der Waals surface area contributed by atoms with Crippen molar-refractivity contribution in [2.45, 2.75) is 12.8 Å². The summed E-state index contributed by atoms with van der Waals surface area (Å²) in [4.78, 5) is 16.7. The van der Waals surface area contributed by atoms with Crippen molar-refractivity contribution < 1.29 is 19.0 Å². The molecule has 0 spiro atoms. The number of nitrogens with one attached hydrogen (secondary N) is 2. The Morgan fingerprint density at radius 1 is 1.06 bits per heavy atom. The molecule has 0 atom stereocenters. The van der Waals surface area contributed by atoms with Crippen LogP contribution in [0.3, 0.4) is 0 Å². The summed E-state index contributed by atoms with van der Waals surface area (Å²) in [6.45, 7) is 1.28. The number of aromatic amines is 2. The van der Waals surface area contributed by atoms with E-state index in [9.17, 15) is 9.90 Å². The number of hydrogen-bond acceptors (Lipinski definition) is 6. The summed E-state index contributed by atoms with van der Waals surface area (Å²) in [6.07, 6.45) is 3.55. The fourth-order valence-electron chi connectivity index (χ4n) is 4.93. The van der Waals surface area contributed by atoms with E-state index < -0.39 is 11.2 Å². The van der Waals surface area contributed by atoms with Gasteiger partial charge in [0.25, 0.3) is 0 Å². The van der Waals surface area contributed by atoms with Gasteiger partial charge in [-0.1, -0.05) is 24.3 Å². The minimum absolute atomic E-state index is 0.134. The molecule has 0 fully saturated rings. The van der Waals surface area contributed by atoms with Crippen molar-refractivity contribution >= 4 is 33.1 Å². The molecule has 0 saturated carbocycles. The van der Waals surface area contributed by atoms with Crippen LogP contribution < -0.4 is 14.9 Å². The second-order valence-electron chi connectivity index (χ2n) is 8.90. The fraction of sp³-hybridized carbons (Fsp3) is 0.143. The molecule has 6 aromatic rings. The van der Waals surface area contributed by atoms with Crippen LogP contribution >= 0.6 is 0 Å². The van der Waals surface area contributed by atoms with Crippen LogP contribution in [0.5, 0.6) is 17.2 Å². The van der Waals surface area contributed by atoms with E-state index in [1.165, 1.54) is 17.2 Å². The molecule has 0 aliphatic carbocycles. The maximum atomic E-state index is 12.0. The Labute approximate surface area is 204 Å². The van der Waals surface area contributed by atoms with Gasteiger partial charge >= 0.3 is 0 Å². The van der Waals surface area contributed by atoms with Crippen molar-refractivity contribution in [3.05, 3.63) is 82.1 Å². The molecule has 178 valence electrons. The van der Waals surface area contributed by atoms with Gasteiger partial charge in [0.15, 0.2) is 16.8 Å². The van der Waals surface area contributed by atoms with Crippen LogP contribution in [-0.4, -0.2) is 33.5 Å². The fourth-order valence-corrected chi connectivity index (χ4v) is 4.93. The molecule has 0 amide bonds. The van der Waals surface area contributed by atoms with Gasteiger partial charge in [-0.15, -0.1) is 0 Å². The number of nitrogens with zero attached hydrogens (tertiary/aromatic N) is 1. The Morgan fingerprint density at radius 2 is 2.00 bits per heavy atom. The molecule has 3 aromatic carbocycles. The first-order chi connectivity index (χ1) is 17.7. The number of benzene rings is 3. The summed E-state index contributed by atoms with van der Waals surface area (Å²) in [5.41, 5.74) is 5.46. The number of hydrogen-bond donors (Lipinski definition) is 3. The molecule has 3 N–H and O–H groups in total. The van der Waals surface area contributed by atoms with E-state index in [4.69, 9.17) is 13.9 Å². The highest BCUT2D eigenvalue weighted by Gasteiger charge is 2.21. The summed E-state index contributed by atoms with van der Waals surface area (Å²) < 4.78 is 17.8. The Morgan fingerprint density at radius 3 is 2.94 bits per heavy atom. The summed E-state index contributed by atoms with van der Waals surface area (Å²) in [5, 5.41) is 17.8. The highest BCUT2D eigenvalue weighted by Crippen LogP contribution is 2.41. The van der Waals surface area contributed by atoms with Gasteiger partial charge in [0.05, 0.1) is 18.6 Å². The Hall–Kier alpha value is -4.72. The van der Waals surface area contributed by atoms with E-state index in [-0.39, 0.29) is 5.58 Å². The molecule has 0 radical (unpaired) electrons. The number of ether oxygens (including phenoxy) is 2. The van der Waals surface area contributed by atoms with E-state index in [2.05, 4.69) is 27.3 Å². The lowest BCUT2D eigenvalue weighted by Gasteiger charge is -2.10. The van der Waals surface area contributed by atoms with Crippen LogP contribution in [0.2, 0.25) is 0 Å². The largest absolute Gasteiger partial charge is 0.502 e. The van der Waals surface area contributed by atoms with Crippen molar-refractivity contribution in [3.8, 4) is 28.4 Å². The van der Waals surface area contributed by atoms with Crippen LogP contribution in [0.15, 0.2) is 70.0 Å². The van der Waals surface area contributed by atoms with Crippen molar-refractivity contribution in [2.75, 3.05) is 13.2 Å². The van der Waals surface area contributed by atoms with Crippen LogP contribution in [-0.2, 0) is 12.8 Å². The molecule has 7 rings (SSSR count). The number of phenolic OH excluding ortho intramolecular Hbond substituents is 1. The standard InChI is InChI=1S/C28H21N3O5/c32-21-6-5-19-24-27(36-26(19)25(21)33)23(20-14-29-31-28(20)30-24)17-2-1-3-18(13-17)34-10-8-15-4-7-22-16(12-15)9-11-35-22/h1-7,12-14,33H,8-11H2,(H2,29,30,31). The van der Waals surface area contributed by atoms with Gasteiger partial charge in [0.2, 0.25) is 11.2 Å². The number of aromatic nitrogens is 3. The first-order valence-corrected chi connectivity index (χ1v) is 11.8. The predicted octanol–water partition coefficient (Wildman–Crippen LogP) is 5.08.